The number of hydrogen-bond acceptors (Lipinski definition) is 4. The lowest BCUT2D eigenvalue weighted by molar-refractivity contribution is 0.0675. The summed E-state index contributed by atoms with van der Waals surface area (Å²) in [6.45, 7) is 4.32. The quantitative estimate of drug-likeness (QED) is 0.775. The van der Waals surface area contributed by atoms with Gasteiger partial charge in [-0.05, 0) is 44.4 Å². The lowest BCUT2D eigenvalue weighted by Gasteiger charge is -2.17. The van der Waals surface area contributed by atoms with Crippen LogP contribution in [0.3, 0.4) is 0 Å². The van der Waals surface area contributed by atoms with Crippen molar-refractivity contribution in [1.82, 2.24) is 5.32 Å². The van der Waals surface area contributed by atoms with Gasteiger partial charge >= 0.3 is 0 Å². The van der Waals surface area contributed by atoms with E-state index in [0.717, 1.165) is 37.2 Å². The van der Waals surface area contributed by atoms with Crippen molar-refractivity contribution in [3.63, 3.8) is 0 Å². The molecule has 1 heterocycles. The fourth-order valence-corrected chi connectivity index (χ4v) is 2.56. The van der Waals surface area contributed by atoms with Crippen LogP contribution < -0.4 is 10.1 Å². The average molecular weight is 314 g/mol. The molecule has 0 radical (unpaired) electrons. The van der Waals surface area contributed by atoms with Crippen molar-refractivity contribution in [2.24, 2.45) is 0 Å². The molecule has 5 heteroatoms. The van der Waals surface area contributed by atoms with Crippen molar-refractivity contribution >= 4 is 11.6 Å². The van der Waals surface area contributed by atoms with Gasteiger partial charge in [0, 0.05) is 36.4 Å². The number of halogens is 1. The van der Waals surface area contributed by atoms with E-state index in [9.17, 15) is 0 Å². The molecule has 0 aromatic heterocycles. The fraction of sp³-hybridized carbons (Fsp3) is 0.625. The van der Waals surface area contributed by atoms with Gasteiger partial charge in [-0.1, -0.05) is 11.6 Å². The Labute approximate surface area is 131 Å². The molecule has 4 nitrogen and oxygen atoms in total. The van der Waals surface area contributed by atoms with E-state index in [-0.39, 0.29) is 18.8 Å². The van der Waals surface area contributed by atoms with E-state index in [1.807, 2.05) is 25.1 Å². The minimum atomic E-state index is 0.187. The minimum absolute atomic E-state index is 0.187. The van der Waals surface area contributed by atoms with Crippen LogP contribution >= 0.6 is 11.6 Å². The Morgan fingerprint density at radius 1 is 1.52 bits per heavy atom. The maximum absolute atomic E-state index is 8.94. The molecule has 1 fully saturated rings. The second kappa shape index (κ2) is 8.59. The van der Waals surface area contributed by atoms with Crippen molar-refractivity contribution < 1.29 is 14.6 Å². The van der Waals surface area contributed by atoms with Gasteiger partial charge in [0.05, 0.1) is 6.10 Å². The molecule has 1 aromatic rings. The topological polar surface area (TPSA) is 50.7 Å². The summed E-state index contributed by atoms with van der Waals surface area (Å²) in [5.74, 6) is 0.846. The highest BCUT2D eigenvalue weighted by atomic mass is 35.5. The number of aliphatic hydroxyl groups is 1. The van der Waals surface area contributed by atoms with Crippen molar-refractivity contribution in [1.29, 1.82) is 0 Å². The SMILES string of the molecule is CC(CCO)NCc1cc(Cl)ccc1OCC1CCCO1. The molecule has 21 heavy (non-hydrogen) atoms. The summed E-state index contributed by atoms with van der Waals surface area (Å²) in [6.07, 6.45) is 3.11. The van der Waals surface area contributed by atoms with Gasteiger partial charge in [-0.15, -0.1) is 0 Å². The highest BCUT2D eigenvalue weighted by Gasteiger charge is 2.17. The van der Waals surface area contributed by atoms with Crippen LogP contribution in [0.1, 0.15) is 31.7 Å². The molecule has 2 rings (SSSR count). The van der Waals surface area contributed by atoms with Gasteiger partial charge in [-0.3, -0.25) is 0 Å². The molecule has 0 aliphatic carbocycles. The van der Waals surface area contributed by atoms with Crippen LogP contribution in [0.15, 0.2) is 18.2 Å². The van der Waals surface area contributed by atoms with Gasteiger partial charge in [0.1, 0.15) is 12.4 Å². The van der Waals surface area contributed by atoms with Gasteiger partial charge < -0.3 is 19.9 Å². The molecule has 2 unspecified atom stereocenters. The molecule has 2 atom stereocenters. The van der Waals surface area contributed by atoms with Crippen LogP contribution in [0.2, 0.25) is 5.02 Å². The predicted octanol–water partition coefficient (Wildman–Crippen LogP) is 2.76. The third kappa shape index (κ3) is 5.47. The molecular weight excluding hydrogens is 290 g/mol. The monoisotopic (exact) mass is 313 g/mol. The number of ether oxygens (including phenoxy) is 2. The smallest absolute Gasteiger partial charge is 0.124 e. The van der Waals surface area contributed by atoms with E-state index in [0.29, 0.717) is 18.2 Å². The summed E-state index contributed by atoms with van der Waals surface area (Å²) in [7, 11) is 0. The third-order valence-corrected chi connectivity index (χ3v) is 3.91. The summed E-state index contributed by atoms with van der Waals surface area (Å²) in [4.78, 5) is 0. The molecule has 1 aliphatic heterocycles. The maximum Gasteiger partial charge on any atom is 0.124 e. The lowest BCUT2D eigenvalue weighted by atomic mass is 10.1. The fourth-order valence-electron chi connectivity index (χ4n) is 2.37. The zero-order valence-electron chi connectivity index (χ0n) is 12.5. The van der Waals surface area contributed by atoms with Crippen LogP contribution in [-0.2, 0) is 11.3 Å². The van der Waals surface area contributed by atoms with E-state index < -0.39 is 0 Å². The first-order valence-electron chi connectivity index (χ1n) is 7.56. The second-order valence-electron chi connectivity index (χ2n) is 5.49. The molecular formula is C16H24ClNO3. The molecule has 1 aliphatic rings. The summed E-state index contributed by atoms with van der Waals surface area (Å²) >= 11 is 6.07. The molecule has 1 saturated heterocycles. The van der Waals surface area contributed by atoms with Crippen LogP contribution in [0, 0.1) is 0 Å². The first-order chi connectivity index (χ1) is 10.2. The van der Waals surface area contributed by atoms with E-state index >= 15 is 0 Å². The Kier molecular flexibility index (Phi) is 6.77. The third-order valence-electron chi connectivity index (χ3n) is 3.67. The van der Waals surface area contributed by atoms with Crippen LogP contribution in [-0.4, -0.2) is 37.1 Å². The molecule has 0 amide bonds. The Hall–Kier alpha value is -0.810. The second-order valence-corrected chi connectivity index (χ2v) is 5.93. The summed E-state index contributed by atoms with van der Waals surface area (Å²) < 4.78 is 11.5. The average Bonchev–Trinajstić information content (AvgIpc) is 2.97. The zero-order chi connectivity index (χ0) is 15.1. The number of rotatable bonds is 8. The molecule has 0 bridgehead atoms. The first kappa shape index (κ1) is 16.6. The Morgan fingerprint density at radius 2 is 2.38 bits per heavy atom. The van der Waals surface area contributed by atoms with Gasteiger partial charge in [-0.25, -0.2) is 0 Å². The van der Waals surface area contributed by atoms with Crippen LogP contribution in [0.5, 0.6) is 5.75 Å². The largest absolute Gasteiger partial charge is 0.491 e. The first-order valence-corrected chi connectivity index (χ1v) is 7.94. The van der Waals surface area contributed by atoms with Crippen LogP contribution in [0.25, 0.3) is 0 Å². The normalized spacial score (nSPS) is 19.7. The minimum Gasteiger partial charge on any atom is -0.491 e. The van der Waals surface area contributed by atoms with Crippen LogP contribution in [0.4, 0.5) is 0 Å². The van der Waals surface area contributed by atoms with Crippen molar-refractivity contribution in [3.05, 3.63) is 28.8 Å². The summed E-state index contributed by atoms with van der Waals surface area (Å²) in [6, 6.07) is 5.92. The Bertz CT molecular complexity index is 436. The molecule has 2 N–H and O–H groups in total. The summed E-state index contributed by atoms with van der Waals surface area (Å²) in [5.41, 5.74) is 1.03. The van der Waals surface area contributed by atoms with Crippen molar-refractivity contribution in [2.75, 3.05) is 19.8 Å². The van der Waals surface area contributed by atoms with E-state index in [2.05, 4.69) is 5.32 Å². The predicted molar refractivity (Wildman–Crippen MR) is 83.9 cm³/mol. The highest BCUT2D eigenvalue weighted by molar-refractivity contribution is 6.30. The van der Waals surface area contributed by atoms with E-state index in [4.69, 9.17) is 26.2 Å². The highest BCUT2D eigenvalue weighted by Crippen LogP contribution is 2.24. The number of aliphatic hydroxyl groups excluding tert-OH is 1. The van der Waals surface area contributed by atoms with Gasteiger partial charge in [-0.2, -0.15) is 0 Å². The molecule has 1 aromatic carbocycles. The maximum atomic E-state index is 8.94. The number of hydrogen-bond donors (Lipinski definition) is 2. The van der Waals surface area contributed by atoms with Gasteiger partial charge in [0.2, 0.25) is 0 Å². The van der Waals surface area contributed by atoms with Crippen molar-refractivity contribution in [2.45, 2.75) is 44.9 Å². The number of benzene rings is 1. The van der Waals surface area contributed by atoms with Gasteiger partial charge in [0.15, 0.2) is 0 Å². The zero-order valence-corrected chi connectivity index (χ0v) is 13.2. The van der Waals surface area contributed by atoms with E-state index in [1.54, 1.807) is 0 Å². The number of nitrogens with one attached hydrogen (secondary N) is 1. The lowest BCUT2D eigenvalue weighted by Crippen LogP contribution is -2.26. The summed E-state index contributed by atoms with van der Waals surface area (Å²) in [5, 5.41) is 13.0. The molecule has 0 saturated carbocycles. The van der Waals surface area contributed by atoms with Gasteiger partial charge in [0.25, 0.3) is 0 Å². The van der Waals surface area contributed by atoms with Crippen molar-refractivity contribution in [3.8, 4) is 5.75 Å². The Morgan fingerprint density at radius 3 is 3.10 bits per heavy atom. The Balaban J connectivity index is 1.92. The van der Waals surface area contributed by atoms with E-state index in [1.165, 1.54) is 0 Å². The standard InChI is InChI=1S/C16H24ClNO3/c1-12(6-7-19)18-10-13-9-14(17)4-5-16(13)21-11-15-3-2-8-20-15/h4-5,9,12,15,18-19H,2-3,6-8,10-11H2,1H3. The molecule has 0 spiro atoms. The molecule has 118 valence electrons.